The van der Waals surface area contributed by atoms with E-state index in [1.807, 2.05) is 35.8 Å². The summed E-state index contributed by atoms with van der Waals surface area (Å²) in [6, 6.07) is 9.36. The van der Waals surface area contributed by atoms with Crippen molar-refractivity contribution in [3.8, 4) is 0 Å². The third-order valence-corrected chi connectivity index (χ3v) is 2.10. The molecule has 0 spiro atoms. The van der Waals surface area contributed by atoms with Crippen LogP contribution in [-0.2, 0) is 0 Å². The summed E-state index contributed by atoms with van der Waals surface area (Å²) in [5.41, 5.74) is 3.17. The second kappa shape index (κ2) is 4.06. The molecule has 0 saturated carbocycles. The molecule has 0 atom stereocenters. The molecular formula is C11H10N2O3. The summed E-state index contributed by atoms with van der Waals surface area (Å²) in [5.74, 6) is 0.551. The van der Waals surface area contributed by atoms with Gasteiger partial charge >= 0.3 is 6.09 Å². The summed E-state index contributed by atoms with van der Waals surface area (Å²) in [6.07, 6.45) is -1.20. The highest BCUT2D eigenvalue weighted by Crippen LogP contribution is 2.19. The number of furan rings is 1. The molecule has 0 bridgehead atoms. The number of para-hydroxylation sites is 1. The summed E-state index contributed by atoms with van der Waals surface area (Å²) in [4.78, 5) is 10.3. The van der Waals surface area contributed by atoms with Crippen molar-refractivity contribution in [2.24, 2.45) is 5.10 Å². The van der Waals surface area contributed by atoms with Gasteiger partial charge in [-0.1, -0.05) is 18.2 Å². The lowest BCUT2D eigenvalue weighted by Gasteiger charge is -1.94. The molecule has 1 amide bonds. The Hall–Kier alpha value is -2.30. The van der Waals surface area contributed by atoms with Crippen LogP contribution in [0.5, 0.6) is 0 Å². The Morgan fingerprint density at radius 3 is 2.88 bits per heavy atom. The van der Waals surface area contributed by atoms with E-state index in [-0.39, 0.29) is 0 Å². The number of benzene rings is 1. The summed E-state index contributed by atoms with van der Waals surface area (Å²) in [6.45, 7) is 1.67. The molecule has 5 nitrogen and oxygen atoms in total. The van der Waals surface area contributed by atoms with Crippen molar-refractivity contribution in [1.29, 1.82) is 0 Å². The molecule has 1 heterocycles. The van der Waals surface area contributed by atoms with Gasteiger partial charge < -0.3 is 9.52 Å². The van der Waals surface area contributed by atoms with E-state index in [0.29, 0.717) is 11.5 Å². The number of hydrogen-bond donors (Lipinski definition) is 2. The van der Waals surface area contributed by atoms with Gasteiger partial charge in [0, 0.05) is 5.39 Å². The van der Waals surface area contributed by atoms with Gasteiger partial charge in [-0.05, 0) is 19.1 Å². The summed E-state index contributed by atoms with van der Waals surface area (Å²) >= 11 is 0. The molecule has 16 heavy (non-hydrogen) atoms. The minimum Gasteiger partial charge on any atom is -0.464 e. The average Bonchev–Trinajstić information content (AvgIpc) is 2.69. The first-order valence-electron chi connectivity index (χ1n) is 4.69. The third kappa shape index (κ3) is 2.03. The number of carboxylic acid groups (broad SMARTS) is 1. The molecule has 82 valence electrons. The van der Waals surface area contributed by atoms with Gasteiger partial charge in [-0.15, -0.1) is 0 Å². The summed E-state index contributed by atoms with van der Waals surface area (Å²) in [5, 5.41) is 13.0. The number of nitrogens with one attached hydrogen (secondary N) is 1. The number of rotatable bonds is 2. The van der Waals surface area contributed by atoms with Gasteiger partial charge in [0.2, 0.25) is 0 Å². The molecular weight excluding hydrogens is 208 g/mol. The van der Waals surface area contributed by atoms with Gasteiger partial charge in [0.15, 0.2) is 5.76 Å². The van der Waals surface area contributed by atoms with Crippen molar-refractivity contribution in [2.75, 3.05) is 0 Å². The molecule has 0 fully saturated rings. The van der Waals surface area contributed by atoms with E-state index in [4.69, 9.17) is 9.52 Å². The maximum absolute atomic E-state index is 10.3. The van der Waals surface area contributed by atoms with Crippen LogP contribution in [0.15, 0.2) is 39.9 Å². The van der Waals surface area contributed by atoms with Crippen molar-refractivity contribution < 1.29 is 14.3 Å². The second-order valence-electron chi connectivity index (χ2n) is 3.26. The molecule has 0 aliphatic carbocycles. The SMILES string of the molecule is C/C(=N/NC(=O)O)c1cc2ccccc2o1. The Balaban J connectivity index is 2.33. The second-order valence-corrected chi connectivity index (χ2v) is 3.26. The number of hydrogen-bond acceptors (Lipinski definition) is 3. The van der Waals surface area contributed by atoms with Crippen molar-refractivity contribution in [2.45, 2.75) is 6.92 Å². The zero-order valence-corrected chi connectivity index (χ0v) is 8.60. The van der Waals surface area contributed by atoms with Gasteiger partial charge in [-0.2, -0.15) is 5.10 Å². The molecule has 2 N–H and O–H groups in total. The standard InChI is InChI=1S/C11H10N2O3/c1-7(12-13-11(14)15)10-6-8-4-2-3-5-9(8)16-10/h2-6,13H,1H3,(H,14,15)/b12-7-. The largest absolute Gasteiger partial charge is 0.464 e. The van der Waals surface area contributed by atoms with Crippen LogP contribution in [0.1, 0.15) is 12.7 Å². The number of amides is 1. The lowest BCUT2D eigenvalue weighted by Crippen LogP contribution is -2.15. The van der Waals surface area contributed by atoms with Crippen LogP contribution in [0.3, 0.4) is 0 Å². The predicted octanol–water partition coefficient (Wildman–Crippen LogP) is 2.42. The summed E-state index contributed by atoms with van der Waals surface area (Å²) in [7, 11) is 0. The van der Waals surface area contributed by atoms with Crippen molar-refractivity contribution in [3.05, 3.63) is 36.1 Å². The highest BCUT2D eigenvalue weighted by molar-refractivity contribution is 5.99. The maximum Gasteiger partial charge on any atom is 0.425 e. The van der Waals surface area contributed by atoms with Crippen LogP contribution in [-0.4, -0.2) is 16.9 Å². The van der Waals surface area contributed by atoms with Crippen molar-refractivity contribution in [1.82, 2.24) is 5.43 Å². The first-order chi connectivity index (χ1) is 7.66. The Morgan fingerprint density at radius 2 is 2.19 bits per heavy atom. The first-order valence-corrected chi connectivity index (χ1v) is 4.69. The third-order valence-electron chi connectivity index (χ3n) is 2.10. The van der Waals surface area contributed by atoms with Gasteiger partial charge in [0.1, 0.15) is 11.3 Å². The van der Waals surface area contributed by atoms with E-state index >= 15 is 0 Å². The molecule has 0 unspecified atom stereocenters. The van der Waals surface area contributed by atoms with E-state index in [0.717, 1.165) is 11.0 Å². The van der Waals surface area contributed by atoms with Crippen LogP contribution in [0.25, 0.3) is 11.0 Å². The average molecular weight is 218 g/mol. The van der Waals surface area contributed by atoms with E-state index < -0.39 is 6.09 Å². The molecule has 5 heteroatoms. The van der Waals surface area contributed by atoms with Gasteiger partial charge in [-0.3, -0.25) is 0 Å². The Kier molecular flexibility index (Phi) is 2.59. The Bertz CT molecular complexity index is 524. The normalized spacial score (nSPS) is 11.7. The minimum atomic E-state index is -1.20. The number of nitrogens with zero attached hydrogens (tertiary/aromatic N) is 1. The lowest BCUT2D eigenvalue weighted by atomic mass is 10.2. The smallest absolute Gasteiger partial charge is 0.425 e. The zero-order valence-electron chi connectivity index (χ0n) is 8.60. The van der Waals surface area contributed by atoms with Crippen LogP contribution >= 0.6 is 0 Å². The van der Waals surface area contributed by atoms with E-state index in [2.05, 4.69) is 5.10 Å². The highest BCUT2D eigenvalue weighted by Gasteiger charge is 2.06. The van der Waals surface area contributed by atoms with Crippen molar-refractivity contribution in [3.63, 3.8) is 0 Å². The molecule has 0 radical (unpaired) electrons. The van der Waals surface area contributed by atoms with E-state index in [1.54, 1.807) is 6.92 Å². The van der Waals surface area contributed by atoms with Crippen LogP contribution < -0.4 is 5.43 Å². The fraction of sp³-hybridized carbons (Fsp3) is 0.0909. The fourth-order valence-corrected chi connectivity index (χ4v) is 1.35. The minimum absolute atomic E-state index is 0.485. The number of hydrazone groups is 1. The molecule has 1 aromatic carbocycles. The van der Waals surface area contributed by atoms with Crippen LogP contribution in [0, 0.1) is 0 Å². The van der Waals surface area contributed by atoms with Gasteiger partial charge in [-0.25, -0.2) is 10.2 Å². The molecule has 0 aliphatic rings. The van der Waals surface area contributed by atoms with Gasteiger partial charge in [0.25, 0.3) is 0 Å². The summed E-state index contributed by atoms with van der Waals surface area (Å²) < 4.78 is 5.50. The van der Waals surface area contributed by atoms with Crippen LogP contribution in [0.2, 0.25) is 0 Å². The quantitative estimate of drug-likeness (QED) is 0.600. The molecule has 2 aromatic rings. The fourth-order valence-electron chi connectivity index (χ4n) is 1.35. The van der Waals surface area contributed by atoms with Crippen molar-refractivity contribution >= 4 is 22.8 Å². The molecule has 1 aromatic heterocycles. The Morgan fingerprint density at radius 1 is 1.44 bits per heavy atom. The number of fused-ring (bicyclic) bond motifs is 1. The lowest BCUT2D eigenvalue weighted by molar-refractivity contribution is 0.195. The highest BCUT2D eigenvalue weighted by atomic mass is 16.4. The van der Waals surface area contributed by atoms with Crippen LogP contribution in [0.4, 0.5) is 4.79 Å². The molecule has 0 aliphatic heterocycles. The van der Waals surface area contributed by atoms with E-state index in [9.17, 15) is 4.79 Å². The zero-order chi connectivity index (χ0) is 11.5. The van der Waals surface area contributed by atoms with Gasteiger partial charge in [0.05, 0.1) is 0 Å². The number of carbonyl (C=O) groups is 1. The molecule has 2 rings (SSSR count). The molecule has 0 saturated heterocycles. The Labute approximate surface area is 91.4 Å². The first kappa shape index (κ1) is 10.2. The monoisotopic (exact) mass is 218 g/mol. The maximum atomic E-state index is 10.3. The predicted molar refractivity (Wildman–Crippen MR) is 59.6 cm³/mol. The van der Waals surface area contributed by atoms with E-state index in [1.165, 1.54) is 0 Å². The topological polar surface area (TPSA) is 74.8 Å².